The van der Waals surface area contributed by atoms with Crippen molar-refractivity contribution in [1.82, 2.24) is 9.97 Å². The lowest BCUT2D eigenvalue weighted by molar-refractivity contribution is -0.178. The molecule has 2 heterocycles. The van der Waals surface area contributed by atoms with Crippen LogP contribution < -0.4 is 0 Å². The predicted octanol–water partition coefficient (Wildman–Crippen LogP) is 5.39. The fourth-order valence-electron chi connectivity index (χ4n) is 9.18. The average Bonchev–Trinajstić information content (AvgIpc) is 3.57. The van der Waals surface area contributed by atoms with Gasteiger partial charge in [0.15, 0.2) is 17.7 Å². The number of oxazole rings is 1. The number of hydrogen-bond acceptors (Lipinski definition) is 9. The van der Waals surface area contributed by atoms with Gasteiger partial charge in [-0.2, -0.15) is 4.39 Å². The molecule has 9 atom stereocenters. The van der Waals surface area contributed by atoms with Crippen LogP contribution in [0.25, 0.3) is 0 Å². The predicted molar refractivity (Wildman–Crippen MR) is 155 cm³/mol. The van der Waals surface area contributed by atoms with Gasteiger partial charge in [-0.3, -0.25) is 9.79 Å². The molecule has 9 nitrogen and oxygen atoms in total. The van der Waals surface area contributed by atoms with Gasteiger partial charge in [0.25, 0.3) is 0 Å². The number of halogens is 1. The molecule has 4 aliphatic carbocycles. The minimum absolute atomic E-state index is 0.00622. The Morgan fingerprint density at radius 2 is 2.07 bits per heavy atom. The lowest BCUT2D eigenvalue weighted by Gasteiger charge is -2.62. The number of ether oxygens (including phenoxy) is 1. The van der Waals surface area contributed by atoms with E-state index in [1.807, 2.05) is 6.92 Å². The summed E-state index contributed by atoms with van der Waals surface area (Å²) in [6, 6.07) is 2.83. The van der Waals surface area contributed by atoms with Gasteiger partial charge in [0.1, 0.15) is 6.26 Å². The molecule has 9 unspecified atom stereocenters. The first-order valence-corrected chi connectivity index (χ1v) is 14.8. The Hall–Kier alpha value is -3.18. The molecule has 3 fully saturated rings. The molecular formula is C31H35FN4O5S. The molecular weight excluding hydrogens is 559 g/mol. The zero-order chi connectivity index (χ0) is 30.0. The Morgan fingerprint density at radius 1 is 1.29 bits per heavy atom. The summed E-state index contributed by atoms with van der Waals surface area (Å²) in [5, 5.41) is 19.7. The highest BCUT2D eigenvalue weighted by molar-refractivity contribution is 7.96. The Morgan fingerprint density at radius 3 is 2.71 bits per heavy atom. The van der Waals surface area contributed by atoms with Crippen LogP contribution in [0.15, 0.2) is 52.0 Å². The van der Waals surface area contributed by atoms with E-state index in [2.05, 4.69) is 42.5 Å². The Labute approximate surface area is 249 Å². The topological polar surface area (TPSA) is 139 Å². The third-order valence-electron chi connectivity index (χ3n) is 10.9. The number of aromatic nitrogens is 2. The summed E-state index contributed by atoms with van der Waals surface area (Å²) >= 11 is 4.24. The molecule has 0 spiro atoms. The number of hydrogen-bond donors (Lipinski definition) is 3. The molecule has 42 heavy (non-hydrogen) atoms. The normalized spacial score (nSPS) is 40.0. The molecule has 2 N–H and O–H groups in total. The number of pyridine rings is 1. The van der Waals surface area contributed by atoms with Crippen molar-refractivity contribution in [3.8, 4) is 0 Å². The quantitative estimate of drug-likeness (QED) is 0.183. The average molecular weight is 595 g/mol. The summed E-state index contributed by atoms with van der Waals surface area (Å²) in [5.41, 5.74) is -0.340. The Bertz CT molecular complexity index is 1480. The third kappa shape index (κ3) is 4.22. The zero-order valence-electron chi connectivity index (χ0n) is 23.8. The van der Waals surface area contributed by atoms with E-state index in [4.69, 9.17) is 19.6 Å². The summed E-state index contributed by atoms with van der Waals surface area (Å²) in [4.78, 5) is 38.6. The second kappa shape index (κ2) is 10.2. The van der Waals surface area contributed by atoms with Gasteiger partial charge < -0.3 is 19.7 Å². The van der Waals surface area contributed by atoms with Gasteiger partial charge in [0.2, 0.25) is 11.1 Å². The van der Waals surface area contributed by atoms with E-state index in [0.29, 0.717) is 24.9 Å². The number of aliphatic hydroxyl groups is 1. The monoisotopic (exact) mass is 594 g/mol. The number of nitrogens with one attached hydrogen (secondary N) is 1. The number of carbonyl (C=O) groups is 2. The largest absolute Gasteiger partial charge is 0.451 e. The second-order valence-electron chi connectivity index (χ2n) is 12.9. The highest BCUT2D eigenvalue weighted by atomic mass is 32.1. The van der Waals surface area contributed by atoms with Crippen LogP contribution in [0.2, 0.25) is 0 Å². The third-order valence-corrected chi connectivity index (χ3v) is 11.2. The first kappa shape index (κ1) is 28.9. The van der Waals surface area contributed by atoms with Crippen LogP contribution in [0.4, 0.5) is 10.1 Å². The van der Waals surface area contributed by atoms with Crippen LogP contribution in [0.3, 0.4) is 0 Å². The van der Waals surface area contributed by atoms with E-state index in [-0.39, 0.29) is 41.7 Å². The van der Waals surface area contributed by atoms with Gasteiger partial charge in [-0.1, -0.05) is 26.3 Å². The van der Waals surface area contributed by atoms with Crippen molar-refractivity contribution in [2.45, 2.75) is 64.6 Å². The van der Waals surface area contributed by atoms with Gasteiger partial charge in [0, 0.05) is 23.3 Å². The number of rotatable bonds is 5. The number of allylic oxidation sites excluding steroid dienone is 2. The van der Waals surface area contributed by atoms with Crippen molar-refractivity contribution >= 4 is 41.3 Å². The fraction of sp³-hybridized carbons (Fsp3) is 0.548. The van der Waals surface area contributed by atoms with Crippen molar-refractivity contribution < 1.29 is 28.2 Å². The van der Waals surface area contributed by atoms with Gasteiger partial charge >= 0.3 is 5.97 Å². The molecule has 4 aliphatic rings. The minimum Gasteiger partial charge on any atom is -0.451 e. The highest BCUT2D eigenvalue weighted by Gasteiger charge is 2.71. The molecule has 2 aromatic rings. The number of carbonyl (C=O) groups excluding carboxylic acids is 2. The van der Waals surface area contributed by atoms with Crippen molar-refractivity contribution in [3.05, 3.63) is 54.3 Å². The maximum atomic E-state index is 13.4. The van der Waals surface area contributed by atoms with E-state index in [1.54, 1.807) is 6.07 Å². The second-order valence-corrected chi connectivity index (χ2v) is 13.3. The lowest BCUT2D eigenvalue weighted by Crippen LogP contribution is -2.63. The molecule has 6 rings (SSSR count). The molecule has 3 saturated carbocycles. The van der Waals surface area contributed by atoms with Gasteiger partial charge in [-0.15, -0.1) is 12.6 Å². The number of nitrogens with zero attached hydrogens (tertiary/aromatic N) is 3. The van der Waals surface area contributed by atoms with Crippen LogP contribution in [0, 0.1) is 51.8 Å². The molecule has 0 aromatic carbocycles. The standard InChI is InChI=1S/C31H35FN4O5S/c1-16-8-19-20-6-7-31(28(39)42,41-27(38)23-14-40-15-35-23)30(20,3)11-24(37)26(19)29(2)10-17(12-33)22(9-21(16)29)36-18-4-5-25(32)34-13-18/h4-5,9,12-17,19-20,24,26,33,37H,6-8,10-11H2,1-3H3,(H,39,42). The molecule has 2 aromatic heterocycles. The number of thiol groups is 1. The smallest absolute Gasteiger partial charge is 0.361 e. The van der Waals surface area contributed by atoms with Gasteiger partial charge in [0.05, 0.1) is 18.0 Å². The summed E-state index contributed by atoms with van der Waals surface area (Å²) in [7, 11) is 0. The number of esters is 1. The molecule has 0 amide bonds. The fourth-order valence-corrected chi connectivity index (χ4v) is 9.59. The van der Waals surface area contributed by atoms with Crippen LogP contribution in [0.5, 0.6) is 0 Å². The Kier molecular flexibility index (Phi) is 7.04. The summed E-state index contributed by atoms with van der Waals surface area (Å²) in [6.07, 6.45) is 9.01. The molecule has 0 saturated heterocycles. The van der Waals surface area contributed by atoms with Crippen LogP contribution in [0.1, 0.15) is 63.4 Å². The number of aliphatic hydroxyl groups excluding tert-OH is 1. The van der Waals surface area contributed by atoms with Crippen molar-refractivity contribution in [3.63, 3.8) is 0 Å². The SMILES string of the molecule is CC1CC2C(C(O)CC3(C)C2CCC3(OC(=O)c2cocn2)C(=O)S)C2(C)CC(C=N)C(=Nc3ccc(F)nc3)C=C12. The van der Waals surface area contributed by atoms with Crippen molar-refractivity contribution in [2.75, 3.05) is 0 Å². The first-order chi connectivity index (χ1) is 19.9. The van der Waals surface area contributed by atoms with Crippen molar-refractivity contribution in [1.29, 1.82) is 5.41 Å². The first-order valence-electron chi connectivity index (χ1n) is 14.4. The molecule has 0 radical (unpaired) electrons. The van der Waals surface area contributed by atoms with E-state index in [0.717, 1.165) is 18.5 Å². The summed E-state index contributed by atoms with van der Waals surface area (Å²) in [6.45, 7) is 6.31. The number of fused-ring (bicyclic) bond motifs is 5. The molecule has 222 valence electrons. The van der Waals surface area contributed by atoms with Crippen LogP contribution in [-0.4, -0.2) is 49.8 Å². The Balaban J connectivity index is 1.37. The lowest BCUT2D eigenvalue weighted by atomic mass is 9.43. The highest BCUT2D eigenvalue weighted by Crippen LogP contribution is 2.69. The molecule has 11 heteroatoms. The van der Waals surface area contributed by atoms with Gasteiger partial charge in [-0.25, -0.2) is 14.8 Å². The van der Waals surface area contributed by atoms with E-state index >= 15 is 0 Å². The van der Waals surface area contributed by atoms with E-state index in [9.17, 15) is 19.1 Å². The van der Waals surface area contributed by atoms with Crippen LogP contribution in [-0.2, 0) is 9.53 Å². The summed E-state index contributed by atoms with van der Waals surface area (Å²) in [5.74, 6) is -1.52. The van der Waals surface area contributed by atoms with Crippen LogP contribution >= 0.6 is 12.6 Å². The minimum atomic E-state index is -1.50. The van der Waals surface area contributed by atoms with Crippen molar-refractivity contribution in [2.24, 2.45) is 45.4 Å². The maximum absolute atomic E-state index is 13.4. The van der Waals surface area contributed by atoms with Gasteiger partial charge in [-0.05, 0) is 79.4 Å². The zero-order valence-corrected chi connectivity index (χ0v) is 24.7. The molecule has 0 bridgehead atoms. The van der Waals surface area contributed by atoms with E-state index < -0.39 is 39.6 Å². The number of aliphatic imine (C=N–C) groups is 1. The molecule has 0 aliphatic heterocycles. The maximum Gasteiger partial charge on any atom is 0.361 e. The summed E-state index contributed by atoms with van der Waals surface area (Å²) < 4.78 is 24.3. The van der Waals surface area contributed by atoms with E-state index in [1.165, 1.54) is 30.3 Å².